The summed E-state index contributed by atoms with van der Waals surface area (Å²) in [5.41, 5.74) is -2.94. The monoisotopic (exact) mass is 321 g/mol. The van der Waals surface area contributed by atoms with Gasteiger partial charge in [-0.25, -0.2) is 4.39 Å². The summed E-state index contributed by atoms with van der Waals surface area (Å²) in [5.74, 6) is -3.34. The summed E-state index contributed by atoms with van der Waals surface area (Å²) in [7, 11) is 0. The number of rotatable bonds is 5. The number of carboxylic acid groups (broad SMARTS) is 1. The Labute approximate surface area is 124 Å². The second-order valence-corrected chi connectivity index (χ2v) is 5.39. The summed E-state index contributed by atoms with van der Waals surface area (Å²) in [6.45, 7) is 2.89. The van der Waals surface area contributed by atoms with Gasteiger partial charge in [0.1, 0.15) is 5.82 Å². The molecule has 1 aromatic rings. The van der Waals surface area contributed by atoms with E-state index < -0.39 is 34.8 Å². The molecule has 1 aromatic carbocycles. The molecule has 0 saturated heterocycles. The van der Waals surface area contributed by atoms with Gasteiger partial charge in [0.2, 0.25) is 0 Å². The lowest BCUT2D eigenvalue weighted by atomic mass is 9.89. The molecule has 0 aromatic heterocycles. The Kier molecular flexibility index (Phi) is 5.16. The van der Waals surface area contributed by atoms with E-state index in [4.69, 9.17) is 5.11 Å². The van der Waals surface area contributed by atoms with Crippen molar-refractivity contribution in [2.45, 2.75) is 26.4 Å². The highest BCUT2D eigenvalue weighted by Gasteiger charge is 2.34. The number of carboxylic acids is 1. The average Bonchev–Trinajstić information content (AvgIpc) is 2.37. The van der Waals surface area contributed by atoms with Gasteiger partial charge in [0, 0.05) is 12.1 Å². The zero-order valence-corrected chi connectivity index (χ0v) is 11.9. The molecule has 0 radical (unpaired) electrons. The van der Waals surface area contributed by atoms with Crippen molar-refractivity contribution in [3.63, 3.8) is 0 Å². The summed E-state index contributed by atoms with van der Waals surface area (Å²) in [4.78, 5) is 22.6. The molecule has 2 N–H and O–H groups in total. The first kappa shape index (κ1) is 17.9. The van der Waals surface area contributed by atoms with Gasteiger partial charge in [-0.2, -0.15) is 13.2 Å². The van der Waals surface area contributed by atoms with Crippen molar-refractivity contribution in [1.82, 2.24) is 5.32 Å². The van der Waals surface area contributed by atoms with Gasteiger partial charge in [0.25, 0.3) is 5.91 Å². The lowest BCUT2D eigenvalue weighted by Crippen LogP contribution is -2.32. The molecule has 0 fully saturated rings. The molecule has 8 heteroatoms. The van der Waals surface area contributed by atoms with Gasteiger partial charge in [0.15, 0.2) is 0 Å². The molecule has 4 nitrogen and oxygen atoms in total. The van der Waals surface area contributed by atoms with Crippen molar-refractivity contribution in [2.75, 3.05) is 6.54 Å². The molecular formula is C14H15F4NO3. The van der Waals surface area contributed by atoms with Crippen LogP contribution in [0.5, 0.6) is 0 Å². The Morgan fingerprint density at radius 3 is 2.32 bits per heavy atom. The van der Waals surface area contributed by atoms with Crippen LogP contribution in [0.4, 0.5) is 17.6 Å². The van der Waals surface area contributed by atoms with Gasteiger partial charge in [-0.15, -0.1) is 0 Å². The number of nitrogens with one attached hydrogen (secondary N) is 1. The van der Waals surface area contributed by atoms with E-state index in [1.165, 1.54) is 13.8 Å². The smallest absolute Gasteiger partial charge is 0.419 e. The van der Waals surface area contributed by atoms with E-state index in [0.717, 1.165) is 6.07 Å². The first-order chi connectivity index (χ1) is 9.95. The number of halogens is 4. The molecule has 0 spiro atoms. The van der Waals surface area contributed by atoms with Crippen LogP contribution in [0, 0.1) is 11.2 Å². The zero-order valence-electron chi connectivity index (χ0n) is 11.9. The van der Waals surface area contributed by atoms with Crippen LogP contribution < -0.4 is 5.32 Å². The van der Waals surface area contributed by atoms with Gasteiger partial charge >= 0.3 is 12.1 Å². The van der Waals surface area contributed by atoms with Crippen LogP contribution >= 0.6 is 0 Å². The molecule has 0 atom stereocenters. The molecule has 0 bridgehead atoms. The van der Waals surface area contributed by atoms with Gasteiger partial charge < -0.3 is 10.4 Å². The van der Waals surface area contributed by atoms with Crippen LogP contribution in [-0.2, 0) is 11.0 Å². The molecule has 122 valence electrons. The first-order valence-corrected chi connectivity index (χ1v) is 6.33. The van der Waals surface area contributed by atoms with Gasteiger partial charge in [0.05, 0.1) is 11.0 Å². The van der Waals surface area contributed by atoms with E-state index in [-0.39, 0.29) is 18.5 Å². The van der Waals surface area contributed by atoms with Crippen molar-refractivity contribution in [2.24, 2.45) is 5.41 Å². The third-order valence-electron chi connectivity index (χ3n) is 3.15. The number of hydrogen-bond acceptors (Lipinski definition) is 2. The summed E-state index contributed by atoms with van der Waals surface area (Å²) < 4.78 is 50.8. The summed E-state index contributed by atoms with van der Waals surface area (Å²) in [5, 5.41) is 11.2. The van der Waals surface area contributed by atoms with E-state index in [9.17, 15) is 27.2 Å². The maximum absolute atomic E-state index is 13.1. The van der Waals surface area contributed by atoms with Crippen molar-refractivity contribution in [1.29, 1.82) is 0 Å². The van der Waals surface area contributed by atoms with Crippen molar-refractivity contribution >= 4 is 11.9 Å². The summed E-state index contributed by atoms with van der Waals surface area (Å²) in [6.07, 6.45) is -4.80. The minimum absolute atomic E-state index is 0.0309. The highest BCUT2D eigenvalue weighted by Crippen LogP contribution is 2.31. The lowest BCUT2D eigenvalue weighted by Gasteiger charge is -2.19. The van der Waals surface area contributed by atoms with Crippen LogP contribution in [0.25, 0.3) is 0 Å². The Hall–Kier alpha value is -2.12. The molecule has 0 saturated carbocycles. The van der Waals surface area contributed by atoms with E-state index in [2.05, 4.69) is 5.32 Å². The lowest BCUT2D eigenvalue weighted by molar-refractivity contribution is -0.147. The maximum Gasteiger partial charge on any atom is 0.419 e. The Balaban J connectivity index is 2.77. The SMILES string of the molecule is CC(C)(CCNC(=O)c1ccc(F)c(C(F)(F)F)c1)C(=O)O. The molecule has 0 aliphatic carbocycles. The third-order valence-corrected chi connectivity index (χ3v) is 3.15. The van der Waals surface area contributed by atoms with Crippen LogP contribution in [0.15, 0.2) is 18.2 Å². The van der Waals surface area contributed by atoms with E-state index in [1.807, 2.05) is 0 Å². The average molecular weight is 321 g/mol. The number of amides is 1. The van der Waals surface area contributed by atoms with Crippen LogP contribution in [0.1, 0.15) is 36.2 Å². The number of alkyl halides is 3. The fraction of sp³-hybridized carbons (Fsp3) is 0.429. The number of carbonyl (C=O) groups excluding carboxylic acids is 1. The minimum atomic E-state index is -4.90. The zero-order chi connectivity index (χ0) is 17.1. The molecule has 1 rings (SSSR count). The molecule has 0 heterocycles. The van der Waals surface area contributed by atoms with Crippen LogP contribution in [0.2, 0.25) is 0 Å². The standard InChI is InChI=1S/C14H15F4NO3/c1-13(2,12(21)22)5-6-19-11(20)8-3-4-10(15)9(7-8)14(16,17)18/h3-4,7H,5-6H2,1-2H3,(H,19,20)(H,21,22). The fourth-order valence-corrected chi connectivity index (χ4v) is 1.58. The quantitative estimate of drug-likeness (QED) is 0.819. The van der Waals surface area contributed by atoms with Crippen LogP contribution in [0.3, 0.4) is 0 Å². The molecule has 22 heavy (non-hydrogen) atoms. The predicted octanol–water partition coefficient (Wildman–Crippen LogP) is 3.08. The van der Waals surface area contributed by atoms with Crippen molar-refractivity contribution in [3.05, 3.63) is 35.1 Å². The molecule has 1 amide bonds. The predicted molar refractivity (Wildman–Crippen MR) is 69.8 cm³/mol. The minimum Gasteiger partial charge on any atom is -0.481 e. The maximum atomic E-state index is 13.1. The highest BCUT2D eigenvalue weighted by molar-refractivity contribution is 5.94. The second-order valence-electron chi connectivity index (χ2n) is 5.39. The van der Waals surface area contributed by atoms with Gasteiger partial charge in [-0.3, -0.25) is 9.59 Å². The molecule has 0 aliphatic rings. The van der Waals surface area contributed by atoms with E-state index in [1.54, 1.807) is 0 Å². The summed E-state index contributed by atoms with van der Waals surface area (Å²) >= 11 is 0. The van der Waals surface area contributed by atoms with Crippen LogP contribution in [-0.4, -0.2) is 23.5 Å². The first-order valence-electron chi connectivity index (χ1n) is 6.33. The molecule has 0 aliphatic heterocycles. The van der Waals surface area contributed by atoms with E-state index >= 15 is 0 Å². The van der Waals surface area contributed by atoms with Crippen molar-refractivity contribution < 1.29 is 32.3 Å². The Bertz CT molecular complexity index is 582. The number of carbonyl (C=O) groups is 2. The molecule has 0 unspecified atom stereocenters. The largest absolute Gasteiger partial charge is 0.481 e. The summed E-state index contributed by atoms with van der Waals surface area (Å²) in [6, 6.07) is 1.92. The second kappa shape index (κ2) is 6.33. The fourth-order valence-electron chi connectivity index (χ4n) is 1.58. The van der Waals surface area contributed by atoms with Gasteiger partial charge in [-0.1, -0.05) is 0 Å². The number of aliphatic carboxylic acids is 1. The van der Waals surface area contributed by atoms with Gasteiger partial charge in [-0.05, 0) is 38.5 Å². The normalized spacial score (nSPS) is 12.1. The number of benzene rings is 1. The van der Waals surface area contributed by atoms with E-state index in [0.29, 0.717) is 12.1 Å². The number of hydrogen-bond donors (Lipinski definition) is 2. The topological polar surface area (TPSA) is 66.4 Å². The van der Waals surface area contributed by atoms with Crippen molar-refractivity contribution in [3.8, 4) is 0 Å². The molecular weight excluding hydrogens is 306 g/mol. The Morgan fingerprint density at radius 1 is 1.23 bits per heavy atom. The Morgan fingerprint density at radius 2 is 1.82 bits per heavy atom. The highest BCUT2D eigenvalue weighted by atomic mass is 19.4. The third kappa shape index (κ3) is 4.44.